The van der Waals surface area contributed by atoms with Crippen molar-refractivity contribution in [3.8, 4) is 5.75 Å². The number of thiophene rings is 1. The first kappa shape index (κ1) is 28.2. The van der Waals surface area contributed by atoms with Gasteiger partial charge < -0.3 is 19.7 Å². The Morgan fingerprint density at radius 2 is 1.95 bits per heavy atom. The van der Waals surface area contributed by atoms with E-state index in [-0.39, 0.29) is 34.7 Å². The number of methoxy groups -OCH3 is 1. The van der Waals surface area contributed by atoms with Crippen LogP contribution in [0.15, 0.2) is 42.1 Å². The molecule has 0 aliphatic heterocycles. The second-order valence-electron chi connectivity index (χ2n) is 7.83. The van der Waals surface area contributed by atoms with Gasteiger partial charge in [0.1, 0.15) is 17.4 Å². The quantitative estimate of drug-likeness (QED) is 0.209. The van der Waals surface area contributed by atoms with E-state index in [1.54, 1.807) is 55.9 Å². The Bertz CT molecular complexity index is 1300. The van der Waals surface area contributed by atoms with Crippen LogP contribution in [0.4, 0.5) is 5.00 Å². The smallest absolute Gasteiger partial charge is 0.341 e. The van der Waals surface area contributed by atoms with Crippen molar-refractivity contribution in [1.82, 2.24) is 19.7 Å². The summed E-state index contributed by atoms with van der Waals surface area (Å²) in [5.74, 6) is -0.106. The van der Waals surface area contributed by atoms with Crippen LogP contribution in [0.25, 0.3) is 0 Å². The summed E-state index contributed by atoms with van der Waals surface area (Å²) in [6, 6.07) is 6.96. The summed E-state index contributed by atoms with van der Waals surface area (Å²) < 4.78 is 12.4. The summed E-state index contributed by atoms with van der Waals surface area (Å²) in [7, 11) is 4.47. The zero-order valence-corrected chi connectivity index (χ0v) is 23.1. The molecule has 2 aromatic heterocycles. The van der Waals surface area contributed by atoms with Gasteiger partial charge in [-0.15, -0.1) is 28.1 Å². The molecule has 2 amide bonds. The van der Waals surface area contributed by atoms with Crippen molar-refractivity contribution in [3.05, 3.63) is 63.8 Å². The summed E-state index contributed by atoms with van der Waals surface area (Å²) in [4.78, 5) is 39.5. The zero-order valence-electron chi connectivity index (χ0n) is 20.7. The largest absolute Gasteiger partial charge is 0.486 e. The second kappa shape index (κ2) is 12.7. The molecule has 0 fully saturated rings. The van der Waals surface area contributed by atoms with E-state index in [9.17, 15) is 14.4 Å². The number of nitrogens with one attached hydrogen (secondary N) is 1. The minimum atomic E-state index is -0.634. The molecule has 0 atom stereocenters. The van der Waals surface area contributed by atoms with Gasteiger partial charge in [-0.3, -0.25) is 14.2 Å². The molecule has 10 nitrogen and oxygen atoms in total. The molecule has 1 N–H and O–H groups in total. The van der Waals surface area contributed by atoms with Crippen LogP contribution in [0.3, 0.4) is 0 Å². The number of carbonyl (C=O) groups excluding carboxylic acids is 3. The number of thioether (sulfide) groups is 1. The van der Waals surface area contributed by atoms with Crippen LogP contribution >= 0.6 is 34.7 Å². The maximum absolute atomic E-state index is 12.8. The summed E-state index contributed by atoms with van der Waals surface area (Å²) in [6.45, 7) is 6.00. The molecule has 3 rings (SSSR count). The third-order valence-electron chi connectivity index (χ3n) is 5.01. The molecule has 0 saturated heterocycles. The molecular formula is C24H26ClN5O5S2. The Morgan fingerprint density at radius 1 is 1.24 bits per heavy atom. The van der Waals surface area contributed by atoms with E-state index in [0.29, 0.717) is 38.7 Å². The molecule has 37 heavy (non-hydrogen) atoms. The minimum absolute atomic E-state index is 0.0121. The van der Waals surface area contributed by atoms with Crippen LogP contribution in [0, 0.1) is 6.92 Å². The van der Waals surface area contributed by atoms with Crippen molar-refractivity contribution in [1.29, 1.82) is 0 Å². The van der Waals surface area contributed by atoms with E-state index >= 15 is 0 Å². The minimum Gasteiger partial charge on any atom is -0.486 e. The van der Waals surface area contributed by atoms with Gasteiger partial charge in [0.05, 0.1) is 23.3 Å². The highest BCUT2D eigenvalue weighted by Crippen LogP contribution is 2.34. The van der Waals surface area contributed by atoms with E-state index in [0.717, 1.165) is 11.3 Å². The predicted molar refractivity (Wildman–Crippen MR) is 144 cm³/mol. The van der Waals surface area contributed by atoms with Crippen LogP contribution in [-0.2, 0) is 22.7 Å². The van der Waals surface area contributed by atoms with Crippen molar-refractivity contribution in [2.24, 2.45) is 0 Å². The number of amides is 2. The Balaban J connectivity index is 1.71. The number of halogens is 1. The van der Waals surface area contributed by atoms with Gasteiger partial charge in [-0.2, -0.15) is 0 Å². The van der Waals surface area contributed by atoms with Gasteiger partial charge in [-0.25, -0.2) is 4.79 Å². The standard InChI is InChI=1S/C24H26ClN5O5S2/c1-6-11-30-17(12-35-16-9-7-15(25)8-10-16)27-28-24(30)36-13-18(31)26-21-19(23(33)34-5)14(2)20(37-21)22(32)29(3)4/h6-10H,1,11-13H2,2-5H3,(H,26,31). The molecule has 1 aromatic carbocycles. The number of esters is 1. The molecule has 0 aliphatic rings. The summed E-state index contributed by atoms with van der Waals surface area (Å²) in [5, 5.41) is 12.5. The van der Waals surface area contributed by atoms with Gasteiger partial charge in [0.2, 0.25) is 5.91 Å². The fourth-order valence-electron chi connectivity index (χ4n) is 3.17. The van der Waals surface area contributed by atoms with Crippen LogP contribution in [-0.4, -0.2) is 64.4 Å². The SMILES string of the molecule is C=CCn1c(COc2ccc(Cl)cc2)nnc1SCC(=O)Nc1sc(C(=O)N(C)C)c(C)c1C(=O)OC. The van der Waals surface area contributed by atoms with Crippen LogP contribution in [0.5, 0.6) is 5.75 Å². The third-order valence-corrected chi connectivity index (χ3v) is 7.42. The van der Waals surface area contributed by atoms with Gasteiger partial charge in [-0.1, -0.05) is 29.4 Å². The molecular weight excluding hydrogens is 538 g/mol. The first-order chi connectivity index (χ1) is 17.7. The van der Waals surface area contributed by atoms with Gasteiger partial charge in [0.25, 0.3) is 5.91 Å². The molecule has 0 unspecified atom stereocenters. The molecule has 0 radical (unpaired) electrons. The Morgan fingerprint density at radius 3 is 2.57 bits per heavy atom. The van der Waals surface area contributed by atoms with Gasteiger partial charge in [0, 0.05) is 25.7 Å². The normalized spacial score (nSPS) is 10.6. The van der Waals surface area contributed by atoms with Crippen LogP contribution < -0.4 is 10.1 Å². The first-order valence-electron chi connectivity index (χ1n) is 10.9. The number of hydrogen-bond acceptors (Lipinski definition) is 9. The lowest BCUT2D eigenvalue weighted by Crippen LogP contribution is -2.21. The predicted octanol–water partition coefficient (Wildman–Crippen LogP) is 4.29. The number of anilines is 1. The summed E-state index contributed by atoms with van der Waals surface area (Å²) >= 11 is 8.11. The molecule has 3 aromatic rings. The number of allylic oxidation sites excluding steroid dienone is 1. The number of ether oxygens (including phenoxy) is 2. The first-order valence-corrected chi connectivity index (χ1v) is 13.1. The number of carbonyl (C=O) groups is 3. The van der Waals surface area contributed by atoms with Gasteiger partial charge in [-0.05, 0) is 36.8 Å². The number of hydrogen-bond donors (Lipinski definition) is 1. The topological polar surface area (TPSA) is 116 Å². The maximum Gasteiger partial charge on any atom is 0.341 e. The molecule has 196 valence electrons. The molecule has 0 aliphatic carbocycles. The number of nitrogens with zero attached hydrogens (tertiary/aromatic N) is 4. The maximum atomic E-state index is 12.8. The van der Waals surface area contributed by atoms with Crippen molar-refractivity contribution in [2.75, 3.05) is 32.3 Å². The number of rotatable bonds is 11. The van der Waals surface area contributed by atoms with E-state index < -0.39 is 5.97 Å². The zero-order chi connectivity index (χ0) is 27.1. The van der Waals surface area contributed by atoms with Gasteiger partial charge >= 0.3 is 5.97 Å². The Kier molecular flexibility index (Phi) is 9.73. The van der Waals surface area contributed by atoms with E-state index in [1.807, 2.05) is 0 Å². The van der Waals surface area contributed by atoms with Crippen molar-refractivity contribution in [3.63, 3.8) is 0 Å². The average Bonchev–Trinajstić information content (AvgIpc) is 3.41. The molecule has 2 heterocycles. The highest BCUT2D eigenvalue weighted by atomic mass is 35.5. The highest BCUT2D eigenvalue weighted by molar-refractivity contribution is 7.99. The van der Waals surface area contributed by atoms with E-state index in [4.69, 9.17) is 21.1 Å². The molecule has 0 spiro atoms. The molecule has 0 bridgehead atoms. The van der Waals surface area contributed by atoms with Crippen molar-refractivity contribution in [2.45, 2.75) is 25.2 Å². The lowest BCUT2D eigenvalue weighted by molar-refractivity contribution is -0.113. The van der Waals surface area contributed by atoms with E-state index in [2.05, 4.69) is 22.1 Å². The monoisotopic (exact) mass is 563 g/mol. The molecule has 13 heteroatoms. The number of aromatic nitrogens is 3. The highest BCUT2D eigenvalue weighted by Gasteiger charge is 2.27. The van der Waals surface area contributed by atoms with E-state index in [1.165, 1.54) is 23.8 Å². The van der Waals surface area contributed by atoms with Crippen LogP contribution in [0.1, 0.15) is 31.4 Å². The van der Waals surface area contributed by atoms with Crippen molar-refractivity contribution >= 4 is 57.5 Å². The molecule has 0 saturated carbocycles. The fourth-order valence-corrected chi connectivity index (χ4v) is 5.30. The third kappa shape index (κ3) is 6.90. The average molecular weight is 564 g/mol. The second-order valence-corrected chi connectivity index (χ2v) is 10.2. The summed E-state index contributed by atoms with van der Waals surface area (Å²) in [5.41, 5.74) is 0.613. The summed E-state index contributed by atoms with van der Waals surface area (Å²) in [6.07, 6.45) is 1.69. The Hall–Kier alpha value is -3.35. The number of benzene rings is 1. The lowest BCUT2D eigenvalue weighted by Gasteiger charge is -2.09. The van der Waals surface area contributed by atoms with Gasteiger partial charge in [0.15, 0.2) is 11.0 Å². The lowest BCUT2D eigenvalue weighted by atomic mass is 10.1. The fraction of sp³-hybridized carbons (Fsp3) is 0.292. The van der Waals surface area contributed by atoms with Crippen molar-refractivity contribution < 1.29 is 23.9 Å². The van der Waals surface area contributed by atoms with Crippen LogP contribution in [0.2, 0.25) is 5.02 Å². The Labute approximate surface area is 227 Å².